The Hall–Kier alpha value is -0.154. The van der Waals surface area contributed by atoms with Gasteiger partial charge in [0.25, 0.3) is 0 Å². The van der Waals surface area contributed by atoms with Crippen LogP contribution in [0.4, 0.5) is 0 Å². The molecule has 0 aromatic heterocycles. The summed E-state index contributed by atoms with van der Waals surface area (Å²) >= 11 is 0. The molecule has 0 fully saturated rings. The van der Waals surface area contributed by atoms with Gasteiger partial charge in [0.05, 0.1) is 5.09 Å². The Morgan fingerprint density at radius 1 is 1.00 bits per heavy atom. The SMILES string of the molecule is O.O.O.O=[N+]([O-])[O-].[Mg+2]. The fourth-order valence-corrected chi connectivity index (χ4v) is 0. The van der Waals surface area contributed by atoms with Crippen molar-refractivity contribution >= 4 is 23.1 Å². The molecule has 0 aliphatic carbocycles. The minimum absolute atomic E-state index is 0. The molecule has 0 bridgehead atoms. The number of hydrogen-bond donors (Lipinski definition) is 0. The van der Waals surface area contributed by atoms with Crippen LogP contribution in [0.15, 0.2) is 0 Å². The molecule has 0 aliphatic heterocycles. The maximum Gasteiger partial charge on any atom is 2.00 e. The largest absolute Gasteiger partial charge is 2.00 e. The quantitative estimate of drug-likeness (QED) is 0.198. The summed E-state index contributed by atoms with van der Waals surface area (Å²) in [5.41, 5.74) is 0. The Kier molecular flexibility index (Phi) is 164. The molecule has 0 saturated heterocycles. The molecule has 8 heteroatoms. The van der Waals surface area contributed by atoms with Gasteiger partial charge >= 0.3 is 23.1 Å². The van der Waals surface area contributed by atoms with E-state index in [-0.39, 0.29) is 39.5 Å². The maximum atomic E-state index is 8.25. The Bertz CT molecular complexity index is 31.5. The molecular weight excluding hydrogens is 134 g/mol. The molecule has 6 N–H and O–H groups in total. The first-order valence-electron chi connectivity index (χ1n) is 0.548. The minimum Gasteiger partial charge on any atom is -0.412 e. The summed E-state index contributed by atoms with van der Waals surface area (Å²) < 4.78 is 0. The van der Waals surface area contributed by atoms with Gasteiger partial charge < -0.3 is 31.8 Å². The van der Waals surface area contributed by atoms with Gasteiger partial charge in [-0.15, -0.1) is 0 Å². The van der Waals surface area contributed by atoms with Crippen LogP contribution in [0.25, 0.3) is 0 Å². The average Bonchev–Trinajstić information content (AvgIpc) is 0.811. The molecular formula is H6MgNO6+. The third-order valence-corrected chi connectivity index (χ3v) is 0. The van der Waals surface area contributed by atoms with Crippen molar-refractivity contribution in [1.29, 1.82) is 0 Å². The zero-order valence-electron chi connectivity index (χ0n) is 3.88. The molecule has 48 valence electrons. The van der Waals surface area contributed by atoms with Crippen LogP contribution in [0.5, 0.6) is 0 Å². The molecule has 0 unspecified atom stereocenters. The standard InChI is InChI=1S/Mg.NO3.3H2O/c;2-1(3)4;;;/h;;3*1H2/q+2;-1;;;. The first-order valence-corrected chi connectivity index (χ1v) is 0.548. The van der Waals surface area contributed by atoms with Gasteiger partial charge in [0.2, 0.25) is 0 Å². The van der Waals surface area contributed by atoms with E-state index in [4.69, 9.17) is 15.3 Å². The topological polar surface area (TPSA) is 161 Å². The van der Waals surface area contributed by atoms with Crippen LogP contribution in [-0.4, -0.2) is 44.6 Å². The molecule has 7 nitrogen and oxygen atoms in total. The fraction of sp³-hybridized carbons (Fsp3) is 0. The monoisotopic (exact) mass is 140 g/mol. The normalized spacial score (nSPS) is 3.00. The van der Waals surface area contributed by atoms with Crippen LogP contribution in [0.3, 0.4) is 0 Å². The zero-order valence-corrected chi connectivity index (χ0v) is 5.29. The van der Waals surface area contributed by atoms with Gasteiger partial charge in [-0.05, 0) is 0 Å². The van der Waals surface area contributed by atoms with Gasteiger partial charge in [0, 0.05) is 0 Å². The molecule has 0 spiro atoms. The van der Waals surface area contributed by atoms with Crippen molar-refractivity contribution in [1.82, 2.24) is 0 Å². The van der Waals surface area contributed by atoms with E-state index in [1.54, 1.807) is 0 Å². The van der Waals surface area contributed by atoms with Gasteiger partial charge in [-0.2, -0.15) is 0 Å². The molecule has 0 aromatic carbocycles. The van der Waals surface area contributed by atoms with Crippen molar-refractivity contribution in [2.24, 2.45) is 0 Å². The summed E-state index contributed by atoms with van der Waals surface area (Å²) in [5.74, 6) is 0. The van der Waals surface area contributed by atoms with E-state index < -0.39 is 5.09 Å². The van der Waals surface area contributed by atoms with E-state index in [0.717, 1.165) is 0 Å². The van der Waals surface area contributed by atoms with E-state index in [9.17, 15) is 0 Å². The van der Waals surface area contributed by atoms with Gasteiger partial charge in [-0.3, -0.25) is 0 Å². The second kappa shape index (κ2) is 28.9. The van der Waals surface area contributed by atoms with Crippen molar-refractivity contribution in [3.8, 4) is 0 Å². The van der Waals surface area contributed by atoms with E-state index in [2.05, 4.69) is 0 Å². The second-order valence-electron chi connectivity index (χ2n) is 0.224. The molecule has 0 amide bonds. The predicted molar refractivity (Wildman–Crippen MR) is 27.0 cm³/mol. The van der Waals surface area contributed by atoms with E-state index in [1.807, 2.05) is 0 Å². The number of nitrogens with zero attached hydrogens (tertiary/aromatic N) is 1. The third-order valence-electron chi connectivity index (χ3n) is 0. The van der Waals surface area contributed by atoms with E-state index >= 15 is 0 Å². The Balaban J connectivity index is -0.00000000750. The van der Waals surface area contributed by atoms with Crippen LogP contribution in [0.2, 0.25) is 0 Å². The average molecular weight is 140 g/mol. The molecule has 0 rings (SSSR count). The van der Waals surface area contributed by atoms with Crippen molar-refractivity contribution < 1.29 is 21.5 Å². The van der Waals surface area contributed by atoms with Crippen LogP contribution >= 0.6 is 0 Å². The summed E-state index contributed by atoms with van der Waals surface area (Å²) in [4.78, 5) is 8.25. The van der Waals surface area contributed by atoms with Gasteiger partial charge in [-0.1, -0.05) is 0 Å². The first kappa shape index (κ1) is 45.4. The van der Waals surface area contributed by atoms with E-state index in [0.29, 0.717) is 0 Å². The van der Waals surface area contributed by atoms with Crippen molar-refractivity contribution in [2.75, 3.05) is 0 Å². The second-order valence-corrected chi connectivity index (χ2v) is 0.224. The van der Waals surface area contributed by atoms with Crippen LogP contribution < -0.4 is 0 Å². The molecule has 0 aliphatic rings. The Labute approximate surface area is 60.5 Å². The molecule has 0 heterocycles. The summed E-state index contributed by atoms with van der Waals surface area (Å²) in [7, 11) is 0. The summed E-state index contributed by atoms with van der Waals surface area (Å²) in [6, 6.07) is 0. The number of rotatable bonds is 0. The van der Waals surface area contributed by atoms with Gasteiger partial charge in [0.1, 0.15) is 0 Å². The van der Waals surface area contributed by atoms with Gasteiger partial charge in [-0.25, -0.2) is 0 Å². The molecule has 0 aromatic rings. The van der Waals surface area contributed by atoms with Crippen LogP contribution in [0.1, 0.15) is 0 Å². The first-order chi connectivity index (χ1) is 1.73. The van der Waals surface area contributed by atoms with Crippen molar-refractivity contribution in [3.05, 3.63) is 15.3 Å². The fourth-order valence-electron chi connectivity index (χ4n) is 0. The molecule has 0 saturated carbocycles. The Morgan fingerprint density at radius 3 is 1.00 bits per heavy atom. The summed E-state index contributed by atoms with van der Waals surface area (Å²) in [5, 5.41) is 14.8. The zero-order chi connectivity index (χ0) is 3.58. The smallest absolute Gasteiger partial charge is 0.412 e. The minimum atomic E-state index is -1.75. The Morgan fingerprint density at radius 2 is 1.00 bits per heavy atom. The van der Waals surface area contributed by atoms with E-state index in [1.165, 1.54) is 0 Å². The predicted octanol–water partition coefficient (Wildman–Crippen LogP) is -3.09. The van der Waals surface area contributed by atoms with Crippen molar-refractivity contribution in [3.63, 3.8) is 0 Å². The summed E-state index contributed by atoms with van der Waals surface area (Å²) in [6.07, 6.45) is 0. The maximum absolute atomic E-state index is 8.25. The van der Waals surface area contributed by atoms with Crippen LogP contribution in [0, 0.1) is 15.3 Å². The molecule has 8 heavy (non-hydrogen) atoms. The van der Waals surface area contributed by atoms with Gasteiger partial charge in [0.15, 0.2) is 0 Å². The summed E-state index contributed by atoms with van der Waals surface area (Å²) in [6.45, 7) is 0. The number of hydrogen-bond acceptors (Lipinski definition) is 3. The molecule has 0 atom stereocenters. The van der Waals surface area contributed by atoms with Crippen LogP contribution in [-0.2, 0) is 0 Å². The van der Waals surface area contributed by atoms with Crippen molar-refractivity contribution in [2.45, 2.75) is 0 Å². The molecule has 0 radical (unpaired) electrons. The third kappa shape index (κ3) is 5810.